The van der Waals surface area contributed by atoms with Gasteiger partial charge in [0.15, 0.2) is 11.4 Å². The zero-order valence-corrected chi connectivity index (χ0v) is 49.9. The molecule has 8 rings (SSSR count). The van der Waals surface area contributed by atoms with E-state index in [1.54, 1.807) is 65.2 Å². The van der Waals surface area contributed by atoms with Gasteiger partial charge >= 0.3 is 12.3 Å². The lowest BCUT2D eigenvalue weighted by molar-refractivity contribution is -0.0620. The van der Waals surface area contributed by atoms with E-state index in [-0.39, 0.29) is 60.8 Å². The number of fused-ring (bicyclic) bond motifs is 8. The fraction of sp³-hybridized carbons (Fsp3) is 0.492. The number of benzene rings is 2. The lowest BCUT2D eigenvalue weighted by Crippen LogP contribution is -2.49. The van der Waals surface area contributed by atoms with Crippen LogP contribution in [0, 0.1) is 23.3 Å². The highest BCUT2D eigenvalue weighted by Crippen LogP contribution is 2.38. The van der Waals surface area contributed by atoms with E-state index in [0.29, 0.717) is 49.2 Å². The van der Waals surface area contributed by atoms with Crippen LogP contribution in [0.15, 0.2) is 68.7 Å². The fourth-order valence-corrected chi connectivity index (χ4v) is 9.97. The smallest absolute Gasteiger partial charge is 0.451 e. The zero-order chi connectivity index (χ0) is 63.7. The number of carbonyl (C=O) groups excluding carboxylic acids is 6. The van der Waals surface area contributed by atoms with Gasteiger partial charge in [-0.2, -0.15) is 0 Å². The number of hydrogen-bond acceptors (Lipinski definition) is 18. The highest BCUT2D eigenvalue weighted by molar-refractivity contribution is 6.00. The molecule has 0 saturated carbocycles. The summed E-state index contributed by atoms with van der Waals surface area (Å²) in [5, 5.41) is 13.2. The minimum atomic E-state index is -1.39. The fourth-order valence-electron chi connectivity index (χ4n) is 9.97. The average Bonchev–Trinajstić information content (AvgIpc) is 1.74. The molecule has 4 aromatic rings. The van der Waals surface area contributed by atoms with Gasteiger partial charge in [0, 0.05) is 80.8 Å². The second-order valence-corrected chi connectivity index (χ2v) is 22.1. The van der Waals surface area contributed by atoms with Crippen molar-refractivity contribution in [1.29, 1.82) is 0 Å². The molecular formula is C59H70F4N8O16. The normalized spacial score (nSPS) is 19.5. The van der Waals surface area contributed by atoms with Gasteiger partial charge in [-0.1, -0.05) is 22.4 Å². The first-order valence-electron chi connectivity index (χ1n) is 28.1. The number of pyridine rings is 2. The zero-order valence-electron chi connectivity index (χ0n) is 49.9. The van der Waals surface area contributed by atoms with Crippen LogP contribution in [0.1, 0.15) is 167 Å². The van der Waals surface area contributed by atoms with Crippen molar-refractivity contribution < 1.29 is 84.4 Å². The molecule has 2 fully saturated rings. The minimum absolute atomic E-state index is 0.00816. The average molecular weight is 1220 g/mol. The Balaban J connectivity index is 0.000000249. The predicted octanol–water partition coefficient (Wildman–Crippen LogP) is 8.22. The molecule has 4 amide bonds. The number of carbonyl (C=O) groups is 6. The third kappa shape index (κ3) is 15.9. The molecule has 4 aliphatic rings. The van der Waals surface area contributed by atoms with Crippen LogP contribution in [-0.4, -0.2) is 129 Å². The van der Waals surface area contributed by atoms with Crippen LogP contribution in [0.25, 0.3) is 0 Å². The third-order valence-corrected chi connectivity index (χ3v) is 14.2. The quantitative estimate of drug-likeness (QED) is 0.0312. The summed E-state index contributed by atoms with van der Waals surface area (Å²) in [6.07, 6.45) is -0.878. The molecule has 24 nitrogen and oxygen atoms in total. The van der Waals surface area contributed by atoms with Crippen LogP contribution in [0.4, 0.5) is 27.2 Å². The molecule has 2 saturated heterocycles. The van der Waals surface area contributed by atoms with Crippen LogP contribution in [0.3, 0.4) is 0 Å². The van der Waals surface area contributed by atoms with Crippen molar-refractivity contribution in [2.45, 2.75) is 170 Å². The van der Waals surface area contributed by atoms with E-state index in [1.165, 1.54) is 40.6 Å². The second kappa shape index (κ2) is 28.5. The van der Waals surface area contributed by atoms with E-state index >= 15 is 0 Å². The van der Waals surface area contributed by atoms with Gasteiger partial charge in [-0.15, -0.1) is 0 Å². The lowest BCUT2D eigenvalue weighted by atomic mass is 10.0. The van der Waals surface area contributed by atoms with E-state index in [2.05, 4.69) is 20.9 Å². The van der Waals surface area contributed by atoms with Gasteiger partial charge in [0.25, 0.3) is 23.6 Å². The first kappa shape index (κ1) is 65.6. The number of hydrogen-bond donors (Lipinski definition) is 2. The van der Waals surface area contributed by atoms with E-state index in [1.807, 2.05) is 13.8 Å². The van der Waals surface area contributed by atoms with Crippen LogP contribution >= 0.6 is 0 Å². The number of nitrogens with zero attached hydrogens (tertiary/aromatic N) is 6. The summed E-state index contributed by atoms with van der Waals surface area (Å²) in [7, 11) is 0. The number of aromatic nitrogens is 2. The first-order valence-corrected chi connectivity index (χ1v) is 28.1. The Hall–Kier alpha value is -8.98. The highest BCUT2D eigenvalue weighted by atomic mass is 19.1. The standard InChI is InChI=1S/C30H36F2N4O8.C29H34F2N4O8/c1-15(2)34-44-24-10-7-17(5)35-14-23(24)36-13-21(28(38)33-12-19-8-9-20(31)11-22(19)32)26(37)27(25(36)29(35)39)42-18(6)43-30(40)41-16(3)4;1-15(2)33-43-23-9-6-17(5)34-13-22(23)35-12-20(27(37)32-11-18-7-8-19(30)10-21(18)31)25(36)26(24(35)28(34)38)40-14-41-29(39)42-16(3)4/h8-9,11,13,16-18,23-24H,7,10,12,14H2,1-6H3,(H,33,38);7-8,10,12,16-17,22-23H,6,9,11,13-14H2,1-5H3,(H,32,37). The van der Waals surface area contributed by atoms with Crippen molar-refractivity contribution >= 4 is 47.4 Å². The number of nitrogens with one attached hydrogen (secondary N) is 2. The van der Waals surface area contributed by atoms with Crippen LogP contribution in [0.5, 0.6) is 11.5 Å². The summed E-state index contributed by atoms with van der Waals surface area (Å²) in [6, 6.07) is 4.20. The summed E-state index contributed by atoms with van der Waals surface area (Å²) < 4.78 is 89.3. The molecule has 0 aliphatic carbocycles. The molecule has 6 heterocycles. The van der Waals surface area contributed by atoms with Crippen LogP contribution in [0.2, 0.25) is 0 Å². The molecule has 2 aromatic carbocycles. The number of rotatable bonds is 18. The van der Waals surface area contributed by atoms with Crippen LogP contribution < -0.4 is 31.0 Å². The van der Waals surface area contributed by atoms with Gasteiger partial charge in [0.05, 0.1) is 35.7 Å². The van der Waals surface area contributed by atoms with Crippen molar-refractivity contribution in [1.82, 2.24) is 29.6 Å². The van der Waals surface area contributed by atoms with Crippen molar-refractivity contribution in [2.24, 2.45) is 10.3 Å². The monoisotopic (exact) mass is 1220 g/mol. The SMILES string of the molecule is CC(C)=NOC1CCC(C)N2CC1n1cc(C(=O)NCc3ccc(F)cc3F)c(=O)c(OC(C)OC(=O)OC(C)C)c1C2=O.CC(C)=NOC1CCC(C)N2CC1n1cc(C(=O)NCc3ccc(F)cc3F)c(=O)c(OCOC(=O)OC(C)C)c1C2=O. The Morgan fingerprint density at radius 2 is 1.02 bits per heavy atom. The van der Waals surface area contributed by atoms with E-state index in [9.17, 15) is 55.9 Å². The topological polar surface area (TPSA) is 276 Å². The number of halogens is 4. The van der Waals surface area contributed by atoms with E-state index in [4.69, 9.17) is 38.1 Å². The van der Waals surface area contributed by atoms with Crippen molar-refractivity contribution in [3.63, 3.8) is 0 Å². The minimum Gasteiger partial charge on any atom is -0.451 e. The number of ether oxygens (including phenoxy) is 6. The van der Waals surface area contributed by atoms with E-state index in [0.717, 1.165) is 12.1 Å². The maximum atomic E-state index is 14.2. The molecule has 87 heavy (non-hydrogen) atoms. The molecule has 0 radical (unpaired) electrons. The molecule has 2 aromatic heterocycles. The maximum absolute atomic E-state index is 14.2. The molecule has 4 bridgehead atoms. The second-order valence-electron chi connectivity index (χ2n) is 22.1. The largest absolute Gasteiger partial charge is 0.511 e. The van der Waals surface area contributed by atoms with Crippen molar-refractivity contribution in [3.05, 3.63) is 126 Å². The van der Waals surface area contributed by atoms with Crippen molar-refractivity contribution in [3.8, 4) is 11.5 Å². The number of amides is 4. The molecule has 4 aliphatic heterocycles. The highest BCUT2D eigenvalue weighted by Gasteiger charge is 2.46. The Morgan fingerprint density at radius 1 is 0.598 bits per heavy atom. The molecular weight excluding hydrogens is 1150 g/mol. The Kier molecular flexibility index (Phi) is 21.5. The summed E-state index contributed by atoms with van der Waals surface area (Å²) >= 11 is 0. The maximum Gasteiger partial charge on any atom is 0.511 e. The molecule has 28 heteroatoms. The number of oxime groups is 2. The summed E-state index contributed by atoms with van der Waals surface area (Å²) in [5.74, 6) is -7.17. The first-order chi connectivity index (χ1) is 41.1. The Labute approximate surface area is 497 Å². The molecule has 0 spiro atoms. The molecule has 2 N–H and O–H groups in total. The van der Waals surface area contributed by atoms with Crippen LogP contribution in [-0.2, 0) is 41.7 Å². The Morgan fingerprint density at radius 3 is 1.45 bits per heavy atom. The van der Waals surface area contributed by atoms with Gasteiger partial charge < -0.3 is 67.7 Å². The lowest BCUT2D eigenvalue weighted by Gasteiger charge is -2.38. The van der Waals surface area contributed by atoms with Gasteiger partial charge in [0.2, 0.25) is 35.4 Å². The van der Waals surface area contributed by atoms with Gasteiger partial charge in [0.1, 0.15) is 46.6 Å². The summed E-state index contributed by atoms with van der Waals surface area (Å²) in [6.45, 7) is 17.5. The summed E-state index contributed by atoms with van der Waals surface area (Å²) in [4.78, 5) is 121. The van der Waals surface area contributed by atoms with Gasteiger partial charge in [-0.25, -0.2) is 27.2 Å². The third-order valence-electron chi connectivity index (χ3n) is 14.2. The van der Waals surface area contributed by atoms with E-state index < -0.39 is 142 Å². The van der Waals surface area contributed by atoms with Gasteiger partial charge in [-0.05, 0) is 107 Å². The Bertz CT molecular complexity index is 3450. The molecule has 470 valence electrons. The van der Waals surface area contributed by atoms with Crippen molar-refractivity contribution in [2.75, 3.05) is 19.9 Å². The summed E-state index contributed by atoms with van der Waals surface area (Å²) in [5.41, 5.74) is -1.73. The van der Waals surface area contributed by atoms with Gasteiger partial charge in [-0.3, -0.25) is 28.8 Å². The predicted molar refractivity (Wildman–Crippen MR) is 302 cm³/mol. The molecule has 7 atom stereocenters. The molecule has 7 unspecified atom stereocenters.